The zero-order chi connectivity index (χ0) is 15.4. The minimum absolute atomic E-state index is 0.298. The summed E-state index contributed by atoms with van der Waals surface area (Å²) in [5.74, 6) is 1.67. The maximum atomic E-state index is 10.3. The van der Waals surface area contributed by atoms with Crippen LogP contribution in [0.5, 0.6) is 5.75 Å². The van der Waals surface area contributed by atoms with Gasteiger partial charge in [0, 0.05) is 0 Å². The van der Waals surface area contributed by atoms with E-state index >= 15 is 0 Å². The molecule has 1 fully saturated rings. The molecule has 1 aromatic carbocycles. The Balaban J connectivity index is 2.17. The van der Waals surface area contributed by atoms with Crippen LogP contribution in [0.25, 0.3) is 0 Å². The molecule has 1 nitrogen and oxygen atoms in total. The smallest absolute Gasteiger partial charge is 0.119 e. The van der Waals surface area contributed by atoms with Gasteiger partial charge in [-0.2, -0.15) is 0 Å². The first-order valence-electron chi connectivity index (χ1n) is 8.62. The molecule has 0 amide bonds. The largest absolute Gasteiger partial charge is 0.508 e. The zero-order valence-electron chi connectivity index (χ0n) is 14.3. The molecular weight excluding hydrogens is 256 g/mol. The van der Waals surface area contributed by atoms with Crippen LogP contribution in [0, 0.1) is 11.3 Å². The summed E-state index contributed by atoms with van der Waals surface area (Å²) < 4.78 is 0. The van der Waals surface area contributed by atoms with Crippen LogP contribution in [0.2, 0.25) is 0 Å². The molecule has 2 atom stereocenters. The summed E-state index contributed by atoms with van der Waals surface area (Å²) in [7, 11) is 0. The lowest BCUT2D eigenvalue weighted by molar-refractivity contribution is 0.0404. The van der Waals surface area contributed by atoms with E-state index in [2.05, 4.69) is 40.7 Å². The fourth-order valence-corrected chi connectivity index (χ4v) is 5.54. The van der Waals surface area contributed by atoms with E-state index in [4.69, 9.17) is 0 Å². The van der Waals surface area contributed by atoms with E-state index in [1.807, 2.05) is 6.07 Å². The van der Waals surface area contributed by atoms with Gasteiger partial charge in [-0.25, -0.2) is 0 Å². The number of phenolic OH excluding ortho intramolecular Hbond substituents is 1. The molecule has 1 N–H and O–H groups in total. The summed E-state index contributed by atoms with van der Waals surface area (Å²) in [6.07, 6.45) is 6.41. The Morgan fingerprint density at radius 2 is 1.86 bits per heavy atom. The Hall–Kier alpha value is -0.980. The zero-order valence-corrected chi connectivity index (χ0v) is 14.3. The van der Waals surface area contributed by atoms with Crippen LogP contribution in [-0.2, 0) is 11.8 Å². The van der Waals surface area contributed by atoms with Crippen molar-refractivity contribution < 1.29 is 5.11 Å². The van der Waals surface area contributed by atoms with E-state index in [1.165, 1.54) is 42.4 Å². The van der Waals surface area contributed by atoms with Crippen LogP contribution in [0.15, 0.2) is 12.1 Å². The number of benzene rings is 1. The van der Waals surface area contributed by atoms with Gasteiger partial charge in [0.2, 0.25) is 0 Å². The standard InChI is InChI=1S/C20H30O/c1-13(2)18-14-7-10-17-19(3,4)11-6-12-20(17,5)15(14)8-9-16(18)21/h8-9,13,17,21H,6-7,10-12H2,1-5H3/t17-,20+/m1/s1. The summed E-state index contributed by atoms with van der Waals surface area (Å²) in [5, 5.41) is 10.3. The quantitative estimate of drug-likeness (QED) is 0.718. The first-order chi connectivity index (χ1) is 9.77. The second kappa shape index (κ2) is 4.76. The van der Waals surface area contributed by atoms with Crippen LogP contribution in [-0.4, -0.2) is 5.11 Å². The van der Waals surface area contributed by atoms with Crippen LogP contribution in [0.3, 0.4) is 0 Å². The normalized spacial score (nSPS) is 30.9. The minimum Gasteiger partial charge on any atom is -0.508 e. The van der Waals surface area contributed by atoms with Crippen LogP contribution in [0.1, 0.15) is 82.9 Å². The molecule has 1 saturated carbocycles. The SMILES string of the molecule is CC(C)c1c(O)ccc2c1CC[C@@H]1C(C)(C)CCC[C@@]21C. The Morgan fingerprint density at radius 1 is 1.14 bits per heavy atom. The third kappa shape index (κ3) is 2.12. The van der Waals surface area contributed by atoms with E-state index in [0.717, 1.165) is 12.3 Å². The number of rotatable bonds is 1. The summed E-state index contributed by atoms with van der Waals surface area (Å²) in [4.78, 5) is 0. The first-order valence-corrected chi connectivity index (χ1v) is 8.62. The molecule has 1 heteroatoms. The number of fused-ring (bicyclic) bond motifs is 3. The third-order valence-corrected chi connectivity index (χ3v) is 6.44. The Kier molecular flexibility index (Phi) is 3.39. The lowest BCUT2D eigenvalue weighted by Gasteiger charge is -2.54. The predicted molar refractivity (Wildman–Crippen MR) is 89.0 cm³/mol. The Morgan fingerprint density at radius 3 is 2.52 bits per heavy atom. The van der Waals surface area contributed by atoms with E-state index in [9.17, 15) is 5.11 Å². The van der Waals surface area contributed by atoms with Crippen molar-refractivity contribution in [1.29, 1.82) is 0 Å². The number of hydrogen-bond donors (Lipinski definition) is 1. The van der Waals surface area contributed by atoms with Crippen molar-refractivity contribution in [2.24, 2.45) is 11.3 Å². The molecule has 0 spiro atoms. The molecule has 0 aromatic heterocycles. The molecule has 116 valence electrons. The van der Waals surface area contributed by atoms with Crippen molar-refractivity contribution in [3.63, 3.8) is 0 Å². The lowest BCUT2D eigenvalue weighted by Crippen LogP contribution is -2.48. The number of hydrogen-bond acceptors (Lipinski definition) is 1. The highest BCUT2D eigenvalue weighted by Crippen LogP contribution is 2.58. The van der Waals surface area contributed by atoms with Crippen molar-refractivity contribution >= 4 is 0 Å². The third-order valence-electron chi connectivity index (χ3n) is 6.44. The van der Waals surface area contributed by atoms with E-state index in [1.54, 1.807) is 0 Å². The molecule has 0 heterocycles. The van der Waals surface area contributed by atoms with Gasteiger partial charge in [-0.15, -0.1) is 0 Å². The van der Waals surface area contributed by atoms with Gasteiger partial charge in [-0.3, -0.25) is 0 Å². The van der Waals surface area contributed by atoms with Crippen molar-refractivity contribution in [3.05, 3.63) is 28.8 Å². The Bertz CT molecular complexity index is 555. The Labute approximate surface area is 129 Å². The van der Waals surface area contributed by atoms with Gasteiger partial charge >= 0.3 is 0 Å². The van der Waals surface area contributed by atoms with E-state index in [0.29, 0.717) is 22.5 Å². The first kappa shape index (κ1) is 14.9. The molecule has 0 radical (unpaired) electrons. The van der Waals surface area contributed by atoms with Gasteiger partial charge in [-0.1, -0.05) is 47.1 Å². The van der Waals surface area contributed by atoms with Gasteiger partial charge in [0.1, 0.15) is 5.75 Å². The maximum absolute atomic E-state index is 10.3. The summed E-state index contributed by atoms with van der Waals surface area (Å²) in [6.45, 7) is 11.8. The highest BCUT2D eigenvalue weighted by molar-refractivity contribution is 5.51. The molecule has 2 aliphatic rings. The average Bonchev–Trinajstić information content (AvgIpc) is 2.36. The fourth-order valence-electron chi connectivity index (χ4n) is 5.54. The second-order valence-electron chi connectivity index (χ2n) is 8.53. The maximum Gasteiger partial charge on any atom is 0.119 e. The van der Waals surface area contributed by atoms with Gasteiger partial charge in [0.05, 0.1) is 0 Å². The second-order valence-corrected chi connectivity index (χ2v) is 8.53. The molecule has 0 unspecified atom stereocenters. The molecule has 0 saturated heterocycles. The van der Waals surface area contributed by atoms with Gasteiger partial charge in [-0.05, 0) is 71.1 Å². The predicted octanol–water partition coefficient (Wildman–Crippen LogP) is 5.55. The topological polar surface area (TPSA) is 20.2 Å². The van der Waals surface area contributed by atoms with Gasteiger partial charge in [0.25, 0.3) is 0 Å². The molecule has 21 heavy (non-hydrogen) atoms. The highest BCUT2D eigenvalue weighted by Gasteiger charge is 2.50. The van der Waals surface area contributed by atoms with E-state index < -0.39 is 0 Å². The van der Waals surface area contributed by atoms with E-state index in [-0.39, 0.29) is 0 Å². The molecule has 2 aliphatic carbocycles. The molecule has 1 aromatic rings. The fraction of sp³-hybridized carbons (Fsp3) is 0.700. The summed E-state index contributed by atoms with van der Waals surface area (Å²) >= 11 is 0. The van der Waals surface area contributed by atoms with Crippen molar-refractivity contribution in [3.8, 4) is 5.75 Å². The number of aromatic hydroxyl groups is 1. The van der Waals surface area contributed by atoms with Crippen LogP contribution >= 0.6 is 0 Å². The summed E-state index contributed by atoms with van der Waals surface area (Å²) in [6, 6.07) is 4.17. The molecule has 0 aliphatic heterocycles. The van der Waals surface area contributed by atoms with Gasteiger partial charge in [0.15, 0.2) is 0 Å². The van der Waals surface area contributed by atoms with Crippen molar-refractivity contribution in [1.82, 2.24) is 0 Å². The monoisotopic (exact) mass is 286 g/mol. The molecule has 3 rings (SSSR count). The summed E-state index contributed by atoms with van der Waals surface area (Å²) in [5.41, 5.74) is 4.94. The number of phenols is 1. The molecular formula is C20H30O. The lowest BCUT2D eigenvalue weighted by atomic mass is 9.50. The van der Waals surface area contributed by atoms with Crippen molar-refractivity contribution in [2.75, 3.05) is 0 Å². The van der Waals surface area contributed by atoms with Crippen molar-refractivity contribution in [2.45, 2.75) is 78.1 Å². The molecule has 0 bridgehead atoms. The highest BCUT2D eigenvalue weighted by atomic mass is 16.3. The van der Waals surface area contributed by atoms with Crippen LogP contribution in [0.4, 0.5) is 0 Å². The average molecular weight is 286 g/mol. The minimum atomic E-state index is 0.298. The van der Waals surface area contributed by atoms with Crippen LogP contribution < -0.4 is 0 Å². The van der Waals surface area contributed by atoms with Gasteiger partial charge < -0.3 is 5.11 Å².